The van der Waals surface area contributed by atoms with Gasteiger partial charge < -0.3 is 11.1 Å². The number of nitrogens with one attached hydrogen (secondary N) is 1. The van der Waals surface area contributed by atoms with E-state index in [0.717, 1.165) is 30.5 Å². The number of aromatic nitrogens is 1. The summed E-state index contributed by atoms with van der Waals surface area (Å²) in [4.78, 5) is 16.4. The van der Waals surface area contributed by atoms with E-state index in [-0.39, 0.29) is 34.5 Å². The molecule has 198 valence electrons. The van der Waals surface area contributed by atoms with Gasteiger partial charge in [-0.05, 0) is 48.7 Å². The Labute approximate surface area is 210 Å². The Bertz CT molecular complexity index is 1440. The molecule has 3 rings (SSSR count). The molecule has 1 amide bonds. The summed E-state index contributed by atoms with van der Waals surface area (Å²) in [5.41, 5.74) is 4.86. The van der Waals surface area contributed by atoms with Gasteiger partial charge in [0.25, 0.3) is 0 Å². The van der Waals surface area contributed by atoms with Crippen molar-refractivity contribution in [1.29, 1.82) is 0 Å². The van der Waals surface area contributed by atoms with E-state index in [1.54, 1.807) is 0 Å². The number of amides is 1. The molecule has 3 N–H and O–H groups in total. The second-order valence-corrected chi connectivity index (χ2v) is 10.8. The zero-order valence-electron chi connectivity index (χ0n) is 20.0. The maximum Gasteiger partial charge on any atom is 0.433 e. The Morgan fingerprint density at radius 3 is 2.30 bits per heavy atom. The fraction of sp³-hybridized carbons (Fsp3) is 0.280. The number of aryl methyl sites for hydroxylation is 1. The molecule has 2 aromatic carbocycles. The molecule has 2 atom stereocenters. The first-order valence-electron chi connectivity index (χ1n) is 10.9. The number of pyridine rings is 1. The first-order chi connectivity index (χ1) is 17.1. The number of hydrogen-bond donors (Lipinski definition) is 2. The van der Waals surface area contributed by atoms with Crippen molar-refractivity contribution >= 4 is 15.7 Å². The third kappa shape index (κ3) is 6.50. The van der Waals surface area contributed by atoms with Crippen LogP contribution in [0.4, 0.5) is 22.0 Å². The summed E-state index contributed by atoms with van der Waals surface area (Å²) < 4.78 is 91.7. The lowest BCUT2D eigenvalue weighted by Crippen LogP contribution is -2.28. The number of alkyl halides is 3. The molecular weight excluding hydrogens is 517 g/mol. The topological polar surface area (TPSA) is 102 Å². The minimum absolute atomic E-state index is 0.103. The molecule has 0 bridgehead atoms. The van der Waals surface area contributed by atoms with Gasteiger partial charge in [-0.2, -0.15) is 13.2 Å². The van der Waals surface area contributed by atoms with E-state index < -0.39 is 50.5 Å². The zero-order valence-corrected chi connectivity index (χ0v) is 20.8. The first kappa shape index (κ1) is 28.2. The van der Waals surface area contributed by atoms with Crippen LogP contribution < -0.4 is 11.1 Å². The largest absolute Gasteiger partial charge is 0.433 e. The predicted molar refractivity (Wildman–Crippen MR) is 128 cm³/mol. The molecule has 3 aromatic rings. The molecule has 1 heterocycles. The van der Waals surface area contributed by atoms with Gasteiger partial charge in [0.15, 0.2) is 9.84 Å². The second-order valence-electron chi connectivity index (χ2n) is 8.64. The SMILES string of the molecule is Cc1ccc(-c2nc(C(F)(F)F)ccc2CNC(=O)[C@H](C)c2ccc(C(N)S(C)(=O)=O)c(F)c2)cc1F. The summed E-state index contributed by atoms with van der Waals surface area (Å²) >= 11 is 0. The lowest BCUT2D eigenvalue weighted by atomic mass is 9.98. The van der Waals surface area contributed by atoms with Crippen LogP contribution in [0.5, 0.6) is 0 Å². The van der Waals surface area contributed by atoms with Gasteiger partial charge in [0.1, 0.15) is 22.7 Å². The average Bonchev–Trinajstić information content (AvgIpc) is 2.82. The van der Waals surface area contributed by atoms with Crippen molar-refractivity contribution in [3.8, 4) is 11.3 Å². The van der Waals surface area contributed by atoms with Crippen molar-refractivity contribution in [2.75, 3.05) is 6.26 Å². The molecule has 6 nitrogen and oxygen atoms in total. The van der Waals surface area contributed by atoms with E-state index >= 15 is 0 Å². The average molecular weight is 542 g/mol. The molecule has 37 heavy (non-hydrogen) atoms. The molecule has 1 aromatic heterocycles. The van der Waals surface area contributed by atoms with E-state index in [4.69, 9.17) is 5.73 Å². The summed E-state index contributed by atoms with van der Waals surface area (Å²) in [6, 6.07) is 9.37. The quantitative estimate of drug-likeness (QED) is 0.420. The van der Waals surface area contributed by atoms with Crippen LogP contribution >= 0.6 is 0 Å². The Balaban J connectivity index is 1.85. The predicted octanol–water partition coefficient (Wildman–Crippen LogP) is 4.78. The summed E-state index contributed by atoms with van der Waals surface area (Å²) in [5, 5.41) is 1.01. The zero-order chi connectivity index (χ0) is 27.7. The van der Waals surface area contributed by atoms with Crippen molar-refractivity contribution < 1.29 is 35.2 Å². The summed E-state index contributed by atoms with van der Waals surface area (Å²) in [7, 11) is -3.75. The normalized spacial score (nSPS) is 13.8. The number of rotatable bonds is 7. The van der Waals surface area contributed by atoms with Gasteiger partial charge in [-0.15, -0.1) is 0 Å². The molecule has 1 unspecified atom stereocenters. The number of carbonyl (C=O) groups excluding carboxylic acids is 1. The monoisotopic (exact) mass is 541 g/mol. The molecule has 0 saturated heterocycles. The fourth-order valence-corrected chi connectivity index (χ4v) is 4.19. The third-order valence-corrected chi connectivity index (χ3v) is 7.03. The van der Waals surface area contributed by atoms with Gasteiger partial charge in [-0.1, -0.05) is 30.3 Å². The van der Waals surface area contributed by atoms with Gasteiger partial charge in [-0.25, -0.2) is 22.2 Å². The highest BCUT2D eigenvalue weighted by Gasteiger charge is 2.33. The Hall–Kier alpha value is -3.38. The smallest absolute Gasteiger partial charge is 0.351 e. The van der Waals surface area contributed by atoms with Crippen LogP contribution in [0.2, 0.25) is 0 Å². The number of nitrogens with zero attached hydrogens (tertiary/aromatic N) is 1. The van der Waals surface area contributed by atoms with E-state index in [1.165, 1.54) is 38.1 Å². The van der Waals surface area contributed by atoms with Gasteiger partial charge in [0.05, 0.1) is 11.6 Å². The van der Waals surface area contributed by atoms with E-state index in [0.29, 0.717) is 5.56 Å². The van der Waals surface area contributed by atoms with Crippen LogP contribution in [-0.4, -0.2) is 25.6 Å². The molecule has 0 aliphatic heterocycles. The van der Waals surface area contributed by atoms with Gasteiger partial charge in [0.2, 0.25) is 5.91 Å². The van der Waals surface area contributed by atoms with Crippen LogP contribution in [-0.2, 0) is 27.4 Å². The lowest BCUT2D eigenvalue weighted by Gasteiger charge is -2.17. The summed E-state index contributed by atoms with van der Waals surface area (Å²) in [5.74, 6) is -3.01. The molecule has 0 aliphatic rings. The minimum atomic E-state index is -4.73. The van der Waals surface area contributed by atoms with Crippen LogP contribution in [0, 0.1) is 18.6 Å². The van der Waals surface area contributed by atoms with Gasteiger partial charge in [0, 0.05) is 23.9 Å². The number of nitrogens with two attached hydrogens (primary N) is 1. The van der Waals surface area contributed by atoms with Crippen molar-refractivity contribution in [3.63, 3.8) is 0 Å². The third-order valence-electron chi connectivity index (χ3n) is 5.85. The van der Waals surface area contributed by atoms with Crippen LogP contribution in [0.3, 0.4) is 0 Å². The second kappa shape index (κ2) is 10.5. The van der Waals surface area contributed by atoms with E-state index in [1.807, 2.05) is 0 Å². The number of hydrogen-bond acceptors (Lipinski definition) is 5. The molecule has 0 spiro atoms. The van der Waals surface area contributed by atoms with Crippen LogP contribution in [0.15, 0.2) is 48.5 Å². The Morgan fingerprint density at radius 1 is 1.05 bits per heavy atom. The number of sulfone groups is 1. The summed E-state index contributed by atoms with van der Waals surface area (Å²) in [6.45, 7) is 2.74. The highest BCUT2D eigenvalue weighted by molar-refractivity contribution is 7.90. The van der Waals surface area contributed by atoms with Crippen molar-refractivity contribution in [2.45, 2.75) is 37.9 Å². The Kier molecular flexibility index (Phi) is 8.03. The van der Waals surface area contributed by atoms with Crippen LogP contribution in [0.25, 0.3) is 11.3 Å². The van der Waals surface area contributed by atoms with Crippen molar-refractivity contribution in [1.82, 2.24) is 10.3 Å². The van der Waals surface area contributed by atoms with E-state index in [9.17, 15) is 35.2 Å². The highest BCUT2D eigenvalue weighted by atomic mass is 32.2. The molecule has 0 fully saturated rings. The maximum atomic E-state index is 14.5. The van der Waals surface area contributed by atoms with Crippen LogP contribution in [0.1, 0.15) is 46.2 Å². The number of halogens is 5. The molecule has 0 radical (unpaired) electrons. The van der Waals surface area contributed by atoms with Crippen molar-refractivity contribution in [3.05, 3.63) is 88.1 Å². The molecule has 0 aliphatic carbocycles. The van der Waals surface area contributed by atoms with Gasteiger partial charge >= 0.3 is 6.18 Å². The summed E-state index contributed by atoms with van der Waals surface area (Å²) in [6.07, 6.45) is -3.86. The standard InChI is InChI=1S/C25H24F5N3O3S/c1-13-4-5-16(11-19(13)26)22-17(7-9-21(33-22)25(28,29)30)12-32-24(34)14(2)15-6-8-18(20(27)10-15)23(31)37(3,35)36/h4-11,14,23H,12,31H2,1-3H3,(H,32,34)/t14-,23?/m1/s1. The first-order valence-corrected chi connectivity index (χ1v) is 12.9. The van der Waals surface area contributed by atoms with Crippen molar-refractivity contribution in [2.24, 2.45) is 5.73 Å². The molecule has 0 saturated carbocycles. The number of benzene rings is 2. The van der Waals surface area contributed by atoms with E-state index in [2.05, 4.69) is 10.3 Å². The minimum Gasteiger partial charge on any atom is -0.351 e. The molecular formula is C25H24F5N3O3S. The fourth-order valence-electron chi connectivity index (χ4n) is 3.54. The molecule has 12 heteroatoms. The highest BCUT2D eigenvalue weighted by Crippen LogP contribution is 2.32. The van der Waals surface area contributed by atoms with Gasteiger partial charge in [-0.3, -0.25) is 4.79 Å². The lowest BCUT2D eigenvalue weighted by molar-refractivity contribution is -0.141. The Morgan fingerprint density at radius 2 is 1.73 bits per heavy atom. The number of carbonyl (C=O) groups is 1. The maximum absolute atomic E-state index is 14.5.